The number of guanidine groups is 1. The molecule has 0 aliphatic heterocycles. The molecule has 0 saturated heterocycles. The predicted octanol–water partition coefficient (Wildman–Crippen LogP) is 1.20. The number of hydrogen-bond acceptors (Lipinski definition) is 1. The maximum absolute atomic E-state index is 5.78. The van der Waals surface area contributed by atoms with Crippen LogP contribution in [-0.4, -0.2) is 30.5 Å². The van der Waals surface area contributed by atoms with Crippen molar-refractivity contribution in [1.29, 1.82) is 0 Å². The van der Waals surface area contributed by atoms with Crippen molar-refractivity contribution in [3.05, 3.63) is 0 Å². The van der Waals surface area contributed by atoms with Crippen molar-refractivity contribution in [2.45, 2.75) is 38.6 Å². The molecule has 0 aromatic rings. The van der Waals surface area contributed by atoms with E-state index in [1.807, 2.05) is 11.9 Å². The Kier molecular flexibility index (Phi) is 3.38. The van der Waals surface area contributed by atoms with E-state index in [4.69, 9.17) is 5.73 Å². The Bertz CT molecular complexity index is 159. The number of aliphatic imine (C=N–C) groups is 1. The average Bonchev–Trinajstić information content (AvgIpc) is 2.55. The van der Waals surface area contributed by atoms with E-state index >= 15 is 0 Å². The number of nitrogens with zero attached hydrogens (tertiary/aromatic N) is 2. The SMILES string of the molecule is CCN(C)C(N)=NC1CCCC1. The highest BCUT2D eigenvalue weighted by molar-refractivity contribution is 5.77. The van der Waals surface area contributed by atoms with Crippen LogP contribution in [0.3, 0.4) is 0 Å². The fourth-order valence-corrected chi connectivity index (χ4v) is 1.48. The summed E-state index contributed by atoms with van der Waals surface area (Å²) in [5.74, 6) is 0.699. The van der Waals surface area contributed by atoms with Crippen LogP contribution in [0.25, 0.3) is 0 Å². The first-order valence-electron chi connectivity index (χ1n) is 4.78. The van der Waals surface area contributed by atoms with E-state index in [0.717, 1.165) is 6.54 Å². The van der Waals surface area contributed by atoms with E-state index in [2.05, 4.69) is 11.9 Å². The highest BCUT2D eigenvalue weighted by Crippen LogP contribution is 2.20. The van der Waals surface area contributed by atoms with Gasteiger partial charge >= 0.3 is 0 Å². The molecule has 0 aromatic heterocycles. The maximum atomic E-state index is 5.78. The molecule has 1 rings (SSSR count). The minimum Gasteiger partial charge on any atom is -0.370 e. The molecule has 0 heterocycles. The van der Waals surface area contributed by atoms with E-state index in [-0.39, 0.29) is 0 Å². The molecule has 12 heavy (non-hydrogen) atoms. The van der Waals surface area contributed by atoms with Gasteiger partial charge in [0.2, 0.25) is 0 Å². The zero-order valence-electron chi connectivity index (χ0n) is 8.08. The van der Waals surface area contributed by atoms with Crippen molar-refractivity contribution in [2.75, 3.05) is 13.6 Å². The van der Waals surface area contributed by atoms with Crippen LogP contribution in [-0.2, 0) is 0 Å². The fraction of sp³-hybridized carbons (Fsp3) is 0.889. The van der Waals surface area contributed by atoms with Gasteiger partial charge in [0.15, 0.2) is 5.96 Å². The smallest absolute Gasteiger partial charge is 0.191 e. The van der Waals surface area contributed by atoms with Crippen molar-refractivity contribution >= 4 is 5.96 Å². The quantitative estimate of drug-likeness (QED) is 0.498. The summed E-state index contributed by atoms with van der Waals surface area (Å²) >= 11 is 0. The Morgan fingerprint density at radius 1 is 1.50 bits per heavy atom. The topological polar surface area (TPSA) is 41.6 Å². The summed E-state index contributed by atoms with van der Waals surface area (Å²) in [4.78, 5) is 6.45. The normalized spacial score (nSPS) is 20.0. The van der Waals surface area contributed by atoms with Crippen LogP contribution in [0.4, 0.5) is 0 Å². The summed E-state index contributed by atoms with van der Waals surface area (Å²) in [7, 11) is 1.98. The van der Waals surface area contributed by atoms with Crippen LogP contribution < -0.4 is 5.73 Å². The summed E-state index contributed by atoms with van der Waals surface area (Å²) in [6, 6.07) is 0.499. The third-order valence-electron chi connectivity index (χ3n) is 2.50. The van der Waals surface area contributed by atoms with Gasteiger partial charge in [-0.25, -0.2) is 4.99 Å². The zero-order valence-corrected chi connectivity index (χ0v) is 8.08. The van der Waals surface area contributed by atoms with Gasteiger partial charge in [-0.05, 0) is 19.8 Å². The second-order valence-corrected chi connectivity index (χ2v) is 3.44. The lowest BCUT2D eigenvalue weighted by Crippen LogP contribution is -2.34. The van der Waals surface area contributed by atoms with E-state index < -0.39 is 0 Å². The Morgan fingerprint density at radius 3 is 2.58 bits per heavy atom. The monoisotopic (exact) mass is 169 g/mol. The lowest BCUT2D eigenvalue weighted by molar-refractivity contribution is 0.518. The van der Waals surface area contributed by atoms with Crippen molar-refractivity contribution in [3.8, 4) is 0 Å². The molecule has 0 radical (unpaired) electrons. The van der Waals surface area contributed by atoms with E-state index in [9.17, 15) is 0 Å². The predicted molar refractivity (Wildman–Crippen MR) is 52.2 cm³/mol. The molecule has 1 saturated carbocycles. The molecule has 1 fully saturated rings. The number of rotatable bonds is 2. The van der Waals surface area contributed by atoms with Gasteiger partial charge in [-0.2, -0.15) is 0 Å². The van der Waals surface area contributed by atoms with Crippen LogP contribution in [0.15, 0.2) is 4.99 Å². The standard InChI is InChI=1S/C9H19N3/c1-3-12(2)9(10)11-8-6-4-5-7-8/h8H,3-7H2,1-2H3,(H2,10,11). The number of hydrogen-bond donors (Lipinski definition) is 1. The largest absolute Gasteiger partial charge is 0.370 e. The molecular weight excluding hydrogens is 150 g/mol. The third-order valence-corrected chi connectivity index (χ3v) is 2.50. The molecule has 0 spiro atoms. The molecule has 0 bridgehead atoms. The van der Waals surface area contributed by atoms with Gasteiger partial charge in [0.05, 0.1) is 6.04 Å². The Labute approximate surface area is 74.6 Å². The lowest BCUT2D eigenvalue weighted by Gasteiger charge is -2.16. The summed E-state index contributed by atoms with van der Waals surface area (Å²) in [5.41, 5.74) is 5.78. The van der Waals surface area contributed by atoms with Crippen LogP contribution >= 0.6 is 0 Å². The Balaban J connectivity index is 2.42. The Morgan fingerprint density at radius 2 is 2.08 bits per heavy atom. The van der Waals surface area contributed by atoms with Gasteiger partial charge in [0, 0.05) is 13.6 Å². The molecule has 0 unspecified atom stereocenters. The molecule has 2 N–H and O–H groups in total. The molecule has 3 nitrogen and oxygen atoms in total. The average molecular weight is 169 g/mol. The first-order chi connectivity index (χ1) is 5.74. The van der Waals surface area contributed by atoms with Crippen LogP contribution in [0.2, 0.25) is 0 Å². The summed E-state index contributed by atoms with van der Waals surface area (Å²) in [5, 5.41) is 0. The Hall–Kier alpha value is -0.730. The molecule has 0 amide bonds. The molecule has 1 aliphatic rings. The maximum Gasteiger partial charge on any atom is 0.191 e. The molecule has 0 atom stereocenters. The van der Waals surface area contributed by atoms with Crippen LogP contribution in [0.5, 0.6) is 0 Å². The summed E-state index contributed by atoms with van der Waals surface area (Å²) in [6.07, 6.45) is 5.07. The minimum atomic E-state index is 0.499. The van der Waals surface area contributed by atoms with Gasteiger partial charge in [-0.1, -0.05) is 12.8 Å². The first-order valence-corrected chi connectivity index (χ1v) is 4.78. The highest BCUT2D eigenvalue weighted by atomic mass is 15.2. The molecule has 1 aliphatic carbocycles. The lowest BCUT2D eigenvalue weighted by atomic mass is 10.3. The molecule has 0 aromatic carbocycles. The summed E-state index contributed by atoms with van der Waals surface area (Å²) in [6.45, 7) is 3.01. The third kappa shape index (κ3) is 2.40. The van der Waals surface area contributed by atoms with Gasteiger partial charge < -0.3 is 10.6 Å². The highest BCUT2D eigenvalue weighted by Gasteiger charge is 2.14. The first kappa shape index (κ1) is 9.36. The van der Waals surface area contributed by atoms with Gasteiger partial charge in [-0.15, -0.1) is 0 Å². The second kappa shape index (κ2) is 4.33. The van der Waals surface area contributed by atoms with Gasteiger partial charge in [0.25, 0.3) is 0 Å². The molecule has 3 heteroatoms. The molecule has 70 valence electrons. The molecular formula is C9H19N3. The van der Waals surface area contributed by atoms with Crippen molar-refractivity contribution < 1.29 is 0 Å². The van der Waals surface area contributed by atoms with Crippen molar-refractivity contribution in [3.63, 3.8) is 0 Å². The minimum absolute atomic E-state index is 0.499. The summed E-state index contributed by atoms with van der Waals surface area (Å²) < 4.78 is 0. The van der Waals surface area contributed by atoms with E-state index in [1.54, 1.807) is 0 Å². The zero-order chi connectivity index (χ0) is 8.97. The van der Waals surface area contributed by atoms with Crippen LogP contribution in [0, 0.1) is 0 Å². The van der Waals surface area contributed by atoms with Crippen LogP contribution in [0.1, 0.15) is 32.6 Å². The van der Waals surface area contributed by atoms with E-state index in [1.165, 1.54) is 25.7 Å². The van der Waals surface area contributed by atoms with Gasteiger partial charge in [0.1, 0.15) is 0 Å². The van der Waals surface area contributed by atoms with E-state index in [0.29, 0.717) is 12.0 Å². The number of nitrogens with two attached hydrogens (primary N) is 1. The second-order valence-electron chi connectivity index (χ2n) is 3.44. The van der Waals surface area contributed by atoms with Crippen molar-refractivity contribution in [1.82, 2.24) is 4.90 Å². The van der Waals surface area contributed by atoms with Gasteiger partial charge in [-0.3, -0.25) is 0 Å². The van der Waals surface area contributed by atoms with Crippen molar-refractivity contribution in [2.24, 2.45) is 10.7 Å². The fourth-order valence-electron chi connectivity index (χ4n) is 1.48.